The Labute approximate surface area is 97.5 Å². The van der Waals surface area contributed by atoms with E-state index in [1.54, 1.807) is 0 Å². The second kappa shape index (κ2) is 5.41. The Hall–Kier alpha value is -0.930. The molecule has 0 aliphatic heterocycles. The van der Waals surface area contributed by atoms with Gasteiger partial charge >= 0.3 is 0 Å². The molecule has 0 amide bonds. The molecule has 1 aromatic rings. The lowest BCUT2D eigenvalue weighted by molar-refractivity contribution is 0.305. The van der Waals surface area contributed by atoms with Gasteiger partial charge in [-0.25, -0.2) is 0 Å². The maximum Gasteiger partial charge on any atom is 0.0570 e. The van der Waals surface area contributed by atoms with Gasteiger partial charge in [0.25, 0.3) is 0 Å². The number of nitrogens with one attached hydrogen (secondary N) is 1. The third-order valence-electron chi connectivity index (χ3n) is 3.41. The molecule has 0 aromatic carbocycles. The third kappa shape index (κ3) is 2.80. The molecule has 1 aromatic heterocycles. The first-order chi connectivity index (χ1) is 7.77. The zero-order valence-electron chi connectivity index (χ0n) is 9.89. The molecule has 0 bridgehead atoms. The minimum Gasteiger partial charge on any atom is -0.326 e. The average molecular weight is 219 g/mol. The highest BCUT2D eigenvalue weighted by atomic mass is 15.0. The van der Waals surface area contributed by atoms with Gasteiger partial charge in [-0.1, -0.05) is 18.9 Å². The number of nitrogens with zero attached hydrogens (tertiary/aromatic N) is 1. The van der Waals surface area contributed by atoms with Gasteiger partial charge in [0, 0.05) is 24.3 Å². The van der Waals surface area contributed by atoms with Gasteiger partial charge in [-0.3, -0.25) is 4.98 Å². The molecule has 1 fully saturated rings. The minimum absolute atomic E-state index is 0.287. The summed E-state index contributed by atoms with van der Waals surface area (Å²) in [5.74, 6) is 0. The van der Waals surface area contributed by atoms with Crippen molar-refractivity contribution >= 4 is 0 Å². The van der Waals surface area contributed by atoms with E-state index in [0.717, 1.165) is 12.1 Å². The molecule has 0 spiro atoms. The maximum absolute atomic E-state index is 6.12. The van der Waals surface area contributed by atoms with Crippen molar-refractivity contribution in [2.75, 3.05) is 0 Å². The summed E-state index contributed by atoms with van der Waals surface area (Å²) in [6.45, 7) is 2.16. The standard InChI is InChI=1S/C13H21N3/c1-10(12-7-4-5-9-15-12)16-13-8-3-2-6-11(13)14/h4-5,7,9-11,13,16H,2-3,6,8,14H2,1H3/t10-,11-,13+/m0/s1. The predicted molar refractivity (Wildman–Crippen MR) is 66.0 cm³/mol. The van der Waals surface area contributed by atoms with Gasteiger partial charge in [-0.15, -0.1) is 0 Å². The Kier molecular flexibility index (Phi) is 3.91. The lowest BCUT2D eigenvalue weighted by atomic mass is 9.90. The van der Waals surface area contributed by atoms with Crippen molar-refractivity contribution in [1.29, 1.82) is 0 Å². The number of aromatic nitrogens is 1. The average Bonchev–Trinajstić information content (AvgIpc) is 2.33. The summed E-state index contributed by atoms with van der Waals surface area (Å²) in [5.41, 5.74) is 7.22. The van der Waals surface area contributed by atoms with Gasteiger partial charge in [-0.2, -0.15) is 0 Å². The van der Waals surface area contributed by atoms with Crippen molar-refractivity contribution in [3.8, 4) is 0 Å². The lowest BCUT2D eigenvalue weighted by Crippen LogP contribution is -2.47. The Morgan fingerprint density at radius 3 is 2.88 bits per heavy atom. The zero-order chi connectivity index (χ0) is 11.4. The molecule has 2 rings (SSSR count). The highest BCUT2D eigenvalue weighted by Crippen LogP contribution is 2.20. The molecule has 1 heterocycles. The predicted octanol–water partition coefficient (Wildman–Crippen LogP) is 2.00. The molecule has 16 heavy (non-hydrogen) atoms. The lowest BCUT2D eigenvalue weighted by Gasteiger charge is -2.31. The van der Waals surface area contributed by atoms with E-state index in [0.29, 0.717) is 12.1 Å². The largest absolute Gasteiger partial charge is 0.326 e. The zero-order valence-corrected chi connectivity index (χ0v) is 9.89. The highest BCUT2D eigenvalue weighted by Gasteiger charge is 2.23. The van der Waals surface area contributed by atoms with E-state index in [1.165, 1.54) is 19.3 Å². The minimum atomic E-state index is 0.287. The van der Waals surface area contributed by atoms with E-state index >= 15 is 0 Å². The van der Waals surface area contributed by atoms with Crippen LogP contribution in [0.3, 0.4) is 0 Å². The molecule has 1 saturated carbocycles. The highest BCUT2D eigenvalue weighted by molar-refractivity contribution is 5.08. The first-order valence-electron chi connectivity index (χ1n) is 6.20. The monoisotopic (exact) mass is 219 g/mol. The summed E-state index contributed by atoms with van der Waals surface area (Å²) in [5, 5.41) is 3.60. The van der Waals surface area contributed by atoms with Crippen LogP contribution in [0.15, 0.2) is 24.4 Å². The molecule has 1 aliphatic carbocycles. The fourth-order valence-electron chi connectivity index (χ4n) is 2.41. The van der Waals surface area contributed by atoms with E-state index < -0.39 is 0 Å². The Balaban J connectivity index is 1.94. The van der Waals surface area contributed by atoms with Gasteiger partial charge in [0.05, 0.1) is 5.69 Å². The molecule has 88 valence electrons. The van der Waals surface area contributed by atoms with Gasteiger partial charge < -0.3 is 11.1 Å². The van der Waals surface area contributed by atoms with Crippen LogP contribution in [-0.4, -0.2) is 17.1 Å². The van der Waals surface area contributed by atoms with Crippen LogP contribution in [0.1, 0.15) is 44.3 Å². The van der Waals surface area contributed by atoms with Crippen LogP contribution in [0.2, 0.25) is 0 Å². The maximum atomic E-state index is 6.12. The topological polar surface area (TPSA) is 50.9 Å². The first kappa shape index (κ1) is 11.6. The Morgan fingerprint density at radius 1 is 1.38 bits per heavy atom. The van der Waals surface area contributed by atoms with Crippen LogP contribution in [0.4, 0.5) is 0 Å². The molecule has 0 unspecified atom stereocenters. The van der Waals surface area contributed by atoms with E-state index in [1.807, 2.05) is 18.3 Å². The summed E-state index contributed by atoms with van der Waals surface area (Å²) in [4.78, 5) is 4.37. The van der Waals surface area contributed by atoms with Crippen molar-refractivity contribution < 1.29 is 0 Å². The quantitative estimate of drug-likeness (QED) is 0.817. The van der Waals surface area contributed by atoms with E-state index in [9.17, 15) is 0 Å². The molecule has 0 radical (unpaired) electrons. The first-order valence-corrected chi connectivity index (χ1v) is 6.20. The number of pyridine rings is 1. The Morgan fingerprint density at radius 2 is 2.19 bits per heavy atom. The number of hydrogen-bond acceptors (Lipinski definition) is 3. The van der Waals surface area contributed by atoms with Gasteiger partial charge in [0.1, 0.15) is 0 Å². The molecular weight excluding hydrogens is 198 g/mol. The Bertz CT molecular complexity index is 312. The summed E-state index contributed by atoms with van der Waals surface area (Å²) in [6, 6.07) is 7.08. The van der Waals surface area contributed by atoms with Crippen LogP contribution in [0.5, 0.6) is 0 Å². The summed E-state index contributed by atoms with van der Waals surface area (Å²) in [6.07, 6.45) is 6.75. The smallest absolute Gasteiger partial charge is 0.0570 e. The van der Waals surface area contributed by atoms with Crippen molar-refractivity contribution in [2.24, 2.45) is 5.73 Å². The SMILES string of the molecule is C[C@H](N[C@@H]1CCCC[C@@H]1N)c1ccccn1. The van der Waals surface area contributed by atoms with E-state index in [4.69, 9.17) is 5.73 Å². The molecular formula is C13H21N3. The number of nitrogens with two attached hydrogens (primary N) is 1. The second-order valence-electron chi connectivity index (χ2n) is 4.70. The van der Waals surface area contributed by atoms with Crippen molar-refractivity contribution in [1.82, 2.24) is 10.3 Å². The number of rotatable bonds is 3. The summed E-state index contributed by atoms with van der Waals surface area (Å²) < 4.78 is 0. The fraction of sp³-hybridized carbons (Fsp3) is 0.615. The van der Waals surface area contributed by atoms with Gasteiger partial charge in [0.2, 0.25) is 0 Å². The normalized spacial score (nSPS) is 27.6. The molecule has 3 nitrogen and oxygen atoms in total. The summed E-state index contributed by atoms with van der Waals surface area (Å²) >= 11 is 0. The van der Waals surface area contributed by atoms with Crippen LogP contribution in [0, 0.1) is 0 Å². The molecule has 3 N–H and O–H groups in total. The van der Waals surface area contributed by atoms with Crippen molar-refractivity contribution in [3.63, 3.8) is 0 Å². The van der Waals surface area contributed by atoms with E-state index in [2.05, 4.69) is 23.3 Å². The van der Waals surface area contributed by atoms with E-state index in [-0.39, 0.29) is 6.04 Å². The third-order valence-corrected chi connectivity index (χ3v) is 3.41. The van der Waals surface area contributed by atoms with Gasteiger partial charge in [-0.05, 0) is 31.9 Å². The van der Waals surface area contributed by atoms with Crippen molar-refractivity contribution in [3.05, 3.63) is 30.1 Å². The molecule has 1 aliphatic rings. The summed E-state index contributed by atoms with van der Waals surface area (Å²) in [7, 11) is 0. The fourth-order valence-corrected chi connectivity index (χ4v) is 2.41. The molecule has 3 heteroatoms. The van der Waals surface area contributed by atoms with Crippen LogP contribution in [0.25, 0.3) is 0 Å². The molecule has 3 atom stereocenters. The van der Waals surface area contributed by atoms with Crippen LogP contribution in [-0.2, 0) is 0 Å². The van der Waals surface area contributed by atoms with Crippen LogP contribution < -0.4 is 11.1 Å². The van der Waals surface area contributed by atoms with Crippen LogP contribution >= 0.6 is 0 Å². The van der Waals surface area contributed by atoms with Crippen molar-refractivity contribution in [2.45, 2.75) is 50.7 Å². The van der Waals surface area contributed by atoms with Gasteiger partial charge in [0.15, 0.2) is 0 Å². The second-order valence-corrected chi connectivity index (χ2v) is 4.70. The number of hydrogen-bond donors (Lipinski definition) is 2. The molecule has 0 saturated heterocycles.